The second-order valence-electron chi connectivity index (χ2n) is 4.79. The van der Waals surface area contributed by atoms with Crippen molar-refractivity contribution in [1.82, 2.24) is 19.3 Å². The first-order valence-electron chi connectivity index (χ1n) is 6.31. The molecule has 0 saturated carbocycles. The highest BCUT2D eigenvalue weighted by molar-refractivity contribution is 5.72. The zero-order valence-electron chi connectivity index (χ0n) is 11.5. The number of hydrogen-bond acceptors (Lipinski definition) is 3. The van der Waals surface area contributed by atoms with E-state index in [1.54, 1.807) is 14.0 Å². The molecule has 0 aliphatic rings. The zero-order valence-corrected chi connectivity index (χ0v) is 11.5. The van der Waals surface area contributed by atoms with Crippen LogP contribution in [0.1, 0.15) is 11.4 Å². The lowest BCUT2D eigenvalue weighted by Gasteiger charge is -2.10. The minimum atomic E-state index is -0.687. The maximum atomic E-state index is 13.7. The molecule has 0 N–H and O–H groups in total. The molecule has 3 aromatic rings. The summed E-state index contributed by atoms with van der Waals surface area (Å²) in [6.07, 6.45) is 1.54. The number of hydrogen-bond donors (Lipinski definition) is 0. The maximum Gasteiger partial charge on any atom is 0.264 e. The van der Waals surface area contributed by atoms with Gasteiger partial charge in [0.05, 0.1) is 6.54 Å². The quantitative estimate of drug-likeness (QED) is 0.722. The van der Waals surface area contributed by atoms with Crippen molar-refractivity contribution in [1.29, 1.82) is 0 Å². The molecule has 0 saturated heterocycles. The molecular formula is C14H12F2N4O. The third kappa shape index (κ3) is 2.20. The van der Waals surface area contributed by atoms with Gasteiger partial charge in [-0.15, -0.1) is 0 Å². The highest BCUT2D eigenvalue weighted by atomic mass is 19.1. The first kappa shape index (κ1) is 13.4. The molecule has 2 heterocycles. The molecule has 1 aromatic carbocycles. The van der Waals surface area contributed by atoms with Crippen LogP contribution < -0.4 is 5.56 Å². The number of benzene rings is 1. The molecule has 0 aliphatic carbocycles. The Morgan fingerprint density at radius 1 is 1.24 bits per heavy atom. The highest BCUT2D eigenvalue weighted by Gasteiger charge is 2.15. The van der Waals surface area contributed by atoms with Gasteiger partial charge in [-0.2, -0.15) is 5.10 Å². The number of fused-ring (bicyclic) bond motifs is 1. The zero-order chi connectivity index (χ0) is 15.1. The van der Waals surface area contributed by atoms with E-state index in [1.807, 2.05) is 0 Å². The van der Waals surface area contributed by atoms with Gasteiger partial charge in [0.2, 0.25) is 0 Å². The lowest BCUT2D eigenvalue weighted by atomic mass is 10.2. The topological polar surface area (TPSA) is 52.7 Å². The van der Waals surface area contributed by atoms with Crippen LogP contribution in [0.3, 0.4) is 0 Å². The molecule has 0 unspecified atom stereocenters. The van der Waals surface area contributed by atoms with Gasteiger partial charge >= 0.3 is 0 Å². The Balaban J connectivity index is 2.19. The van der Waals surface area contributed by atoms with E-state index >= 15 is 0 Å². The van der Waals surface area contributed by atoms with Crippen molar-refractivity contribution in [2.45, 2.75) is 13.5 Å². The monoisotopic (exact) mass is 290 g/mol. The first-order chi connectivity index (χ1) is 9.97. The molecule has 0 atom stereocenters. The van der Waals surface area contributed by atoms with Crippen molar-refractivity contribution in [2.24, 2.45) is 7.05 Å². The summed E-state index contributed by atoms with van der Waals surface area (Å²) in [5, 5.41) is 4.38. The second-order valence-corrected chi connectivity index (χ2v) is 4.79. The smallest absolute Gasteiger partial charge is 0.264 e. The predicted molar refractivity (Wildman–Crippen MR) is 73.0 cm³/mol. The van der Waals surface area contributed by atoms with Gasteiger partial charge in [-0.05, 0) is 19.1 Å². The van der Waals surface area contributed by atoms with Crippen LogP contribution >= 0.6 is 0 Å². The van der Waals surface area contributed by atoms with Crippen molar-refractivity contribution < 1.29 is 8.78 Å². The molecule has 5 nitrogen and oxygen atoms in total. The molecule has 108 valence electrons. The van der Waals surface area contributed by atoms with E-state index in [-0.39, 0.29) is 17.7 Å². The molecule has 0 spiro atoms. The Labute approximate surface area is 118 Å². The number of aromatic nitrogens is 4. The van der Waals surface area contributed by atoms with Crippen LogP contribution in [0.4, 0.5) is 8.78 Å². The van der Waals surface area contributed by atoms with Crippen molar-refractivity contribution in [2.75, 3.05) is 0 Å². The number of nitrogens with zero attached hydrogens (tertiary/aromatic N) is 4. The fourth-order valence-electron chi connectivity index (χ4n) is 2.24. The molecule has 0 bridgehead atoms. The molecular weight excluding hydrogens is 278 g/mol. The Bertz CT molecular complexity index is 878. The minimum Gasteiger partial charge on any atom is -0.291 e. The third-order valence-electron chi connectivity index (χ3n) is 3.32. The Morgan fingerprint density at radius 2 is 1.90 bits per heavy atom. The second kappa shape index (κ2) is 4.76. The van der Waals surface area contributed by atoms with E-state index in [9.17, 15) is 13.6 Å². The van der Waals surface area contributed by atoms with E-state index < -0.39 is 11.6 Å². The van der Waals surface area contributed by atoms with Crippen molar-refractivity contribution in [3.8, 4) is 0 Å². The number of aryl methyl sites for hydroxylation is 2. The normalized spacial score (nSPS) is 11.2. The molecule has 0 radical (unpaired) electrons. The van der Waals surface area contributed by atoms with Gasteiger partial charge in [0.15, 0.2) is 5.65 Å². The van der Waals surface area contributed by atoms with Gasteiger partial charge < -0.3 is 0 Å². The fourth-order valence-corrected chi connectivity index (χ4v) is 2.24. The summed E-state index contributed by atoms with van der Waals surface area (Å²) in [5.74, 6) is -1.02. The van der Waals surface area contributed by atoms with Crippen LogP contribution in [0.25, 0.3) is 11.0 Å². The SMILES string of the molecule is Cc1nc2nn(C)cc2c(=O)n1Cc1c(F)cccc1F. The van der Waals surface area contributed by atoms with Gasteiger partial charge in [-0.3, -0.25) is 14.0 Å². The van der Waals surface area contributed by atoms with E-state index in [1.165, 1.54) is 21.5 Å². The van der Waals surface area contributed by atoms with Crippen molar-refractivity contribution in [3.05, 3.63) is 57.8 Å². The van der Waals surface area contributed by atoms with Gasteiger partial charge in [0, 0.05) is 18.8 Å². The summed E-state index contributed by atoms with van der Waals surface area (Å²) in [6.45, 7) is 1.40. The van der Waals surface area contributed by atoms with Gasteiger partial charge in [0.25, 0.3) is 5.56 Å². The summed E-state index contributed by atoms with van der Waals surface area (Å²) < 4.78 is 30.2. The molecule has 21 heavy (non-hydrogen) atoms. The van der Waals surface area contributed by atoms with Crippen molar-refractivity contribution >= 4 is 11.0 Å². The molecule has 3 rings (SSSR count). The Kier molecular flexibility index (Phi) is 3.04. The molecule has 0 aliphatic heterocycles. The summed E-state index contributed by atoms with van der Waals surface area (Å²) in [7, 11) is 1.68. The largest absolute Gasteiger partial charge is 0.291 e. The molecule has 0 fully saturated rings. The predicted octanol–water partition coefficient (Wildman–Crippen LogP) is 1.76. The van der Waals surface area contributed by atoms with E-state index in [0.29, 0.717) is 16.9 Å². The summed E-state index contributed by atoms with van der Waals surface area (Å²) >= 11 is 0. The van der Waals surface area contributed by atoms with Crippen LogP contribution in [0.5, 0.6) is 0 Å². The standard InChI is InChI=1S/C14H12F2N4O/c1-8-17-13-10(6-19(2)18-13)14(21)20(8)7-9-11(15)4-3-5-12(9)16/h3-6H,7H2,1-2H3. The fraction of sp³-hybridized carbons (Fsp3) is 0.214. The Hall–Kier alpha value is -2.57. The highest BCUT2D eigenvalue weighted by Crippen LogP contribution is 2.14. The van der Waals surface area contributed by atoms with Crippen LogP contribution in [-0.2, 0) is 13.6 Å². The first-order valence-corrected chi connectivity index (χ1v) is 6.31. The number of rotatable bonds is 2. The average molecular weight is 290 g/mol. The maximum absolute atomic E-state index is 13.7. The molecule has 7 heteroatoms. The third-order valence-corrected chi connectivity index (χ3v) is 3.32. The van der Waals surface area contributed by atoms with Crippen LogP contribution in [0.15, 0.2) is 29.2 Å². The Morgan fingerprint density at radius 3 is 2.57 bits per heavy atom. The van der Waals surface area contributed by atoms with Crippen LogP contribution in [-0.4, -0.2) is 19.3 Å². The van der Waals surface area contributed by atoms with Crippen molar-refractivity contribution in [3.63, 3.8) is 0 Å². The van der Waals surface area contributed by atoms with Crippen LogP contribution in [0.2, 0.25) is 0 Å². The summed E-state index contributed by atoms with van der Waals surface area (Å²) in [4.78, 5) is 16.6. The minimum absolute atomic E-state index is 0.159. The summed E-state index contributed by atoms with van der Waals surface area (Å²) in [6, 6.07) is 3.61. The lowest BCUT2D eigenvalue weighted by Crippen LogP contribution is -2.25. The molecule has 0 amide bonds. The van der Waals surface area contributed by atoms with E-state index in [0.717, 1.165) is 12.1 Å². The van der Waals surface area contributed by atoms with E-state index in [2.05, 4.69) is 10.1 Å². The van der Waals surface area contributed by atoms with Gasteiger partial charge in [-0.25, -0.2) is 13.8 Å². The average Bonchev–Trinajstić information content (AvgIpc) is 2.78. The van der Waals surface area contributed by atoms with E-state index in [4.69, 9.17) is 0 Å². The van der Waals surface area contributed by atoms with Gasteiger partial charge in [-0.1, -0.05) is 6.07 Å². The number of halogens is 2. The van der Waals surface area contributed by atoms with Crippen LogP contribution in [0, 0.1) is 18.6 Å². The summed E-state index contributed by atoms with van der Waals surface area (Å²) in [5.41, 5.74) is -0.203. The molecule has 2 aromatic heterocycles. The van der Waals surface area contributed by atoms with Gasteiger partial charge in [0.1, 0.15) is 22.8 Å². The lowest BCUT2D eigenvalue weighted by molar-refractivity contribution is 0.538.